The number of carbonyl (C=O) groups excluding carboxylic acids is 1. The maximum Gasteiger partial charge on any atom is 0.194 e. The Morgan fingerprint density at radius 3 is 1.75 bits per heavy atom. The maximum absolute atomic E-state index is 13.6. The molecule has 7 aromatic rings. The van der Waals surface area contributed by atoms with Crippen molar-refractivity contribution in [1.29, 1.82) is 32.2 Å². The summed E-state index contributed by atoms with van der Waals surface area (Å²) in [5.41, 5.74) is 11.0. The van der Waals surface area contributed by atoms with Crippen molar-refractivity contribution in [2.75, 3.05) is 0 Å². The molecule has 304 valence electrons. The molecule has 0 radical (unpaired) electrons. The lowest BCUT2D eigenvalue weighted by atomic mass is 9.81. The summed E-state index contributed by atoms with van der Waals surface area (Å²) < 4.78 is 5.04. The largest absolute Gasteiger partial charge is 0.299 e. The fourth-order valence-electron chi connectivity index (χ4n) is 10.3. The quantitative estimate of drug-likeness (QED) is 0.0791. The van der Waals surface area contributed by atoms with Crippen molar-refractivity contribution in [2.24, 2.45) is 0 Å². The number of hydrogen-bond acceptors (Lipinski definition) is 11. The molecule has 0 unspecified atom stereocenters. The third kappa shape index (κ3) is 5.01. The van der Waals surface area contributed by atoms with Gasteiger partial charge in [-0.05, 0) is 98.3 Å². The Bertz CT molecular complexity index is 3820. The molecule has 0 aliphatic heterocycles. The fourth-order valence-corrected chi connectivity index (χ4v) is 16.1. The summed E-state index contributed by atoms with van der Waals surface area (Å²) in [6, 6.07) is 24.4. The molecule has 12 rings (SSSR count). The van der Waals surface area contributed by atoms with Gasteiger partial charge in [-0.2, -0.15) is 10.5 Å². The van der Waals surface area contributed by atoms with E-state index in [4.69, 9.17) is 21.6 Å². The zero-order valence-electron chi connectivity index (χ0n) is 34.7. The van der Waals surface area contributed by atoms with Gasteiger partial charge in [0.05, 0.1) is 32.2 Å². The van der Waals surface area contributed by atoms with Crippen molar-refractivity contribution in [3.05, 3.63) is 157 Å². The Kier molecular flexibility index (Phi) is 7.88. The number of thiophene rings is 4. The first-order valence-electron chi connectivity index (χ1n) is 20.6. The van der Waals surface area contributed by atoms with Crippen LogP contribution in [0, 0.1) is 44.3 Å². The number of nitrogens with zero attached hydrogens (tertiary/aromatic N) is 2. The smallest absolute Gasteiger partial charge is 0.194 e. The minimum absolute atomic E-state index is 0.0338. The van der Waals surface area contributed by atoms with E-state index in [1.807, 2.05) is 53.0 Å². The highest BCUT2D eigenvalue weighted by atomic mass is 32.1. The summed E-state index contributed by atoms with van der Waals surface area (Å²) in [6.45, 7) is 9.37. The van der Waals surface area contributed by atoms with Crippen LogP contribution in [-0.4, -0.2) is 28.6 Å². The number of fused-ring (bicyclic) bond motifs is 12. The molecule has 64 heavy (non-hydrogen) atoms. The third-order valence-electron chi connectivity index (χ3n) is 13.5. The summed E-state index contributed by atoms with van der Waals surface area (Å²) in [7, 11) is 0. The van der Waals surface area contributed by atoms with Gasteiger partial charge in [0, 0.05) is 73.2 Å². The second kappa shape index (κ2) is 13.0. The number of allylic oxidation sites excluding steroid dienone is 12. The van der Waals surface area contributed by atoms with Crippen LogP contribution in [0.25, 0.3) is 67.2 Å². The lowest BCUT2D eigenvalue weighted by Crippen LogP contribution is -2.18. The first kappa shape index (κ1) is 38.7. The standard InChI is InChI=1S/C53H32N6OS4/c1-52(2)34-19-37-24(17-39(61-37)29-10-7-11-36(56)45(29)58)15-31(34)48-42(52)50-51(63-48)43-49(64-50)32-16-25-18-40(62-38(25)20-35(32)53(43,3)4)30-13-12-23(44(57)46(30)59)14-33-41(26(21-54)22-55)27-8-5-6-9-28(27)47(33)60/h5-20,56-59H,1-4H3/b33-14-,56-36?,57-44?,58-45?,59-46?. The highest BCUT2D eigenvalue weighted by molar-refractivity contribution is 7.32. The van der Waals surface area contributed by atoms with E-state index in [0.717, 1.165) is 25.4 Å². The van der Waals surface area contributed by atoms with E-state index in [9.17, 15) is 15.3 Å². The molecular weight excluding hydrogens is 865 g/mol. The molecule has 4 heterocycles. The highest BCUT2D eigenvalue weighted by Crippen LogP contribution is 2.64. The van der Waals surface area contributed by atoms with E-state index < -0.39 is 0 Å². The topological polar surface area (TPSA) is 160 Å². The molecular formula is C53H32N6OS4. The van der Waals surface area contributed by atoms with Crippen LogP contribution in [0.3, 0.4) is 0 Å². The maximum atomic E-state index is 13.6. The van der Waals surface area contributed by atoms with Crippen LogP contribution >= 0.6 is 45.3 Å². The highest BCUT2D eigenvalue weighted by Gasteiger charge is 2.45. The molecule has 0 atom stereocenters. The van der Waals surface area contributed by atoms with Crippen LogP contribution in [0.5, 0.6) is 0 Å². The average Bonchev–Trinajstić information content (AvgIpc) is 4.13. The van der Waals surface area contributed by atoms with E-state index in [1.54, 1.807) is 65.2 Å². The third-order valence-corrected chi connectivity index (χ3v) is 18.4. The first-order valence-corrected chi connectivity index (χ1v) is 23.8. The minimum Gasteiger partial charge on any atom is -0.299 e. The van der Waals surface area contributed by atoms with Crippen LogP contribution in [0.4, 0.5) is 0 Å². The predicted octanol–water partition coefficient (Wildman–Crippen LogP) is 14.0. The summed E-state index contributed by atoms with van der Waals surface area (Å²) in [6.07, 6.45) is 10.6. The van der Waals surface area contributed by atoms with Crippen molar-refractivity contribution >= 4 is 120 Å². The van der Waals surface area contributed by atoms with E-state index in [2.05, 4.69) is 64.1 Å². The molecule has 7 nitrogen and oxygen atoms in total. The zero-order valence-corrected chi connectivity index (χ0v) is 37.9. The number of hydrogen-bond donors (Lipinski definition) is 4. The van der Waals surface area contributed by atoms with Crippen molar-refractivity contribution < 1.29 is 4.79 Å². The Morgan fingerprint density at radius 2 is 1.19 bits per heavy atom. The fraction of sp³-hybridized carbons (Fsp3) is 0.113. The number of Topliss-reactive ketones (excluding diaryl/α,β-unsaturated/α-hetero) is 1. The van der Waals surface area contributed by atoms with Crippen LogP contribution < -0.4 is 0 Å². The van der Waals surface area contributed by atoms with Crippen molar-refractivity contribution in [1.82, 2.24) is 0 Å². The molecule has 0 spiro atoms. The number of ketones is 1. The molecule has 4 aromatic heterocycles. The number of benzene rings is 3. The molecule has 0 saturated heterocycles. The molecule has 5 aliphatic rings. The van der Waals surface area contributed by atoms with Gasteiger partial charge in [0.15, 0.2) is 5.78 Å². The van der Waals surface area contributed by atoms with Crippen molar-refractivity contribution in [3.63, 3.8) is 0 Å². The molecule has 4 N–H and O–H groups in total. The molecule has 3 aromatic carbocycles. The Hall–Kier alpha value is -6.99. The molecule has 0 saturated carbocycles. The van der Waals surface area contributed by atoms with Gasteiger partial charge in [-0.15, -0.1) is 45.3 Å². The van der Waals surface area contributed by atoms with Gasteiger partial charge in [0.25, 0.3) is 0 Å². The van der Waals surface area contributed by atoms with Gasteiger partial charge in [-0.3, -0.25) is 26.4 Å². The normalized spacial score (nSPS) is 18.3. The van der Waals surface area contributed by atoms with Gasteiger partial charge >= 0.3 is 0 Å². The van der Waals surface area contributed by atoms with Crippen LogP contribution in [0.2, 0.25) is 0 Å². The van der Waals surface area contributed by atoms with Gasteiger partial charge in [-0.25, -0.2) is 0 Å². The van der Waals surface area contributed by atoms with Crippen LogP contribution in [0.1, 0.15) is 75.6 Å². The van der Waals surface area contributed by atoms with Gasteiger partial charge < -0.3 is 0 Å². The number of nitrogens with one attached hydrogen (secondary N) is 4. The van der Waals surface area contributed by atoms with Crippen molar-refractivity contribution in [2.45, 2.75) is 38.5 Å². The van der Waals surface area contributed by atoms with E-state index in [1.165, 1.54) is 62.6 Å². The second-order valence-electron chi connectivity index (χ2n) is 17.7. The van der Waals surface area contributed by atoms with Crippen LogP contribution in [0.15, 0.2) is 114 Å². The number of carbonyl (C=O) groups is 1. The molecule has 11 heteroatoms. The Balaban J connectivity index is 0.914. The summed E-state index contributed by atoms with van der Waals surface area (Å²) in [5.74, 6) is -0.316. The predicted molar refractivity (Wildman–Crippen MR) is 267 cm³/mol. The lowest BCUT2D eigenvalue weighted by Gasteiger charge is -2.22. The first-order chi connectivity index (χ1) is 30.7. The van der Waals surface area contributed by atoms with Gasteiger partial charge in [0.1, 0.15) is 17.7 Å². The molecule has 5 aliphatic carbocycles. The zero-order chi connectivity index (χ0) is 44.3. The molecule has 0 fully saturated rings. The average molecular weight is 897 g/mol. The minimum atomic E-state index is -0.316. The van der Waals surface area contributed by atoms with E-state index in [-0.39, 0.29) is 56.2 Å². The Labute approximate surface area is 383 Å². The van der Waals surface area contributed by atoms with Crippen LogP contribution in [-0.2, 0) is 10.8 Å². The Morgan fingerprint density at radius 1 is 0.641 bits per heavy atom. The number of nitriles is 2. The van der Waals surface area contributed by atoms with Gasteiger partial charge in [0.2, 0.25) is 0 Å². The lowest BCUT2D eigenvalue weighted by molar-refractivity contribution is 0.104. The van der Waals surface area contributed by atoms with E-state index >= 15 is 0 Å². The second-order valence-corrected chi connectivity index (χ2v) is 21.9. The van der Waals surface area contributed by atoms with Gasteiger partial charge in [-0.1, -0.05) is 76.3 Å². The van der Waals surface area contributed by atoms with Crippen molar-refractivity contribution in [3.8, 4) is 33.0 Å². The monoisotopic (exact) mass is 896 g/mol. The summed E-state index contributed by atoms with van der Waals surface area (Å²) in [5, 5.41) is 56.7. The number of rotatable bonds is 3. The van der Waals surface area contributed by atoms with E-state index in [0.29, 0.717) is 22.3 Å². The molecule has 0 bridgehead atoms. The summed E-state index contributed by atoms with van der Waals surface area (Å²) in [4.78, 5) is 18.1. The summed E-state index contributed by atoms with van der Waals surface area (Å²) >= 11 is 7.14. The molecule has 0 amide bonds. The SMILES string of the molecule is CC1(C)c2cc3sc(C4=CC=CC(=N)C4=N)cc3cc2-c2sc3c4c(sc3c21)-c1cc2cc(C3=CC=C(/C=C5\C(=O)c6ccccc6C5=C(C#N)C#N)C(=N)C3=N)sc2cc1C4(C)C.